The summed E-state index contributed by atoms with van der Waals surface area (Å²) in [7, 11) is 0. The van der Waals surface area contributed by atoms with E-state index in [2.05, 4.69) is 6.08 Å². The fourth-order valence-electron chi connectivity index (χ4n) is 2.72. The number of hydrogen-bond acceptors (Lipinski definition) is 1. The molecule has 0 spiro atoms. The number of allylic oxidation sites excluding steroid dienone is 3. The smallest absolute Gasteiger partial charge is 0.182 e. The predicted molar refractivity (Wildman–Crippen MR) is 64.9 cm³/mol. The van der Waals surface area contributed by atoms with Crippen molar-refractivity contribution < 1.29 is 4.79 Å². The van der Waals surface area contributed by atoms with Crippen molar-refractivity contribution in [3.05, 3.63) is 53.1 Å². The van der Waals surface area contributed by atoms with E-state index in [9.17, 15) is 4.79 Å². The van der Waals surface area contributed by atoms with Gasteiger partial charge in [-0.05, 0) is 37.0 Å². The first-order valence-electron chi connectivity index (χ1n) is 5.86. The van der Waals surface area contributed by atoms with Crippen molar-refractivity contribution >= 4 is 11.9 Å². The van der Waals surface area contributed by atoms with Crippen molar-refractivity contribution in [2.75, 3.05) is 0 Å². The Morgan fingerprint density at radius 3 is 2.81 bits per heavy atom. The molecule has 1 unspecified atom stereocenters. The summed E-state index contributed by atoms with van der Waals surface area (Å²) in [6, 6.07) is 10.1. The van der Waals surface area contributed by atoms with E-state index in [4.69, 9.17) is 0 Å². The molecule has 2 aliphatic carbocycles. The van der Waals surface area contributed by atoms with Crippen LogP contribution in [0.15, 0.2) is 47.6 Å². The maximum absolute atomic E-state index is 11.8. The molecule has 0 aromatic heterocycles. The van der Waals surface area contributed by atoms with Gasteiger partial charge in [0.15, 0.2) is 5.78 Å². The Morgan fingerprint density at radius 2 is 2.00 bits per heavy atom. The number of rotatable bonds is 1. The highest BCUT2D eigenvalue weighted by Gasteiger charge is 2.33. The Morgan fingerprint density at radius 1 is 1.19 bits per heavy atom. The summed E-state index contributed by atoms with van der Waals surface area (Å²) in [5, 5.41) is 0. The lowest BCUT2D eigenvalue weighted by atomic mass is 9.96. The van der Waals surface area contributed by atoms with Crippen molar-refractivity contribution in [1.29, 1.82) is 0 Å². The molecule has 1 nitrogen and oxygen atoms in total. The quantitative estimate of drug-likeness (QED) is 0.649. The average molecular weight is 210 g/mol. The molecule has 1 saturated carbocycles. The van der Waals surface area contributed by atoms with Gasteiger partial charge >= 0.3 is 0 Å². The van der Waals surface area contributed by atoms with Crippen LogP contribution in [0.1, 0.15) is 24.8 Å². The molecule has 1 fully saturated rings. The summed E-state index contributed by atoms with van der Waals surface area (Å²) < 4.78 is 0. The molecule has 0 saturated heterocycles. The predicted octanol–water partition coefficient (Wildman–Crippen LogP) is 3.38. The van der Waals surface area contributed by atoms with Crippen LogP contribution in [-0.2, 0) is 4.79 Å². The molecular formula is C15H14O. The molecular weight excluding hydrogens is 196 g/mol. The number of carbonyl (C=O) groups is 1. The van der Waals surface area contributed by atoms with Crippen LogP contribution in [0.2, 0.25) is 0 Å². The minimum absolute atomic E-state index is 0.226. The first-order chi connectivity index (χ1) is 7.84. The van der Waals surface area contributed by atoms with E-state index in [1.807, 2.05) is 36.4 Å². The number of carbonyl (C=O) groups excluding carboxylic acids is 1. The Hall–Kier alpha value is -1.63. The number of fused-ring (bicyclic) bond motifs is 1. The lowest BCUT2D eigenvalue weighted by molar-refractivity contribution is -0.111. The Kier molecular flexibility index (Phi) is 2.24. The highest BCUT2D eigenvalue weighted by atomic mass is 16.1. The number of ketones is 1. The SMILES string of the molecule is O=C1C=C2CCCC2/C1=C/c1ccccc1. The summed E-state index contributed by atoms with van der Waals surface area (Å²) in [6.07, 6.45) is 7.41. The zero-order valence-electron chi connectivity index (χ0n) is 9.15. The van der Waals surface area contributed by atoms with Gasteiger partial charge in [-0.3, -0.25) is 4.79 Å². The average Bonchev–Trinajstić information content (AvgIpc) is 2.84. The zero-order valence-corrected chi connectivity index (χ0v) is 9.15. The van der Waals surface area contributed by atoms with Gasteiger partial charge in [-0.15, -0.1) is 0 Å². The summed E-state index contributed by atoms with van der Waals surface area (Å²) in [5.74, 6) is 0.649. The number of benzene rings is 1. The molecule has 0 N–H and O–H groups in total. The van der Waals surface area contributed by atoms with Crippen molar-refractivity contribution in [3.63, 3.8) is 0 Å². The monoisotopic (exact) mass is 210 g/mol. The maximum atomic E-state index is 11.8. The largest absolute Gasteiger partial charge is 0.290 e. The number of hydrogen-bond donors (Lipinski definition) is 0. The molecule has 0 bridgehead atoms. The third kappa shape index (κ3) is 1.53. The fraction of sp³-hybridized carbons (Fsp3) is 0.267. The summed E-state index contributed by atoms with van der Waals surface area (Å²) in [5.41, 5.74) is 3.48. The standard InChI is InChI=1S/C15H14O/c16-15-10-12-7-4-8-13(12)14(15)9-11-5-2-1-3-6-11/h1-3,5-6,9-10,13H,4,7-8H2/b14-9-. The highest BCUT2D eigenvalue weighted by Crippen LogP contribution is 2.42. The summed E-state index contributed by atoms with van der Waals surface area (Å²) in [6.45, 7) is 0. The second-order valence-electron chi connectivity index (χ2n) is 4.54. The lowest BCUT2D eigenvalue weighted by Crippen LogP contribution is -2.01. The molecule has 0 radical (unpaired) electrons. The molecule has 0 aliphatic heterocycles. The Bertz CT molecular complexity index is 479. The fourth-order valence-corrected chi connectivity index (χ4v) is 2.72. The van der Waals surface area contributed by atoms with E-state index in [1.165, 1.54) is 12.0 Å². The van der Waals surface area contributed by atoms with Crippen LogP contribution in [0.5, 0.6) is 0 Å². The molecule has 1 atom stereocenters. The van der Waals surface area contributed by atoms with E-state index in [-0.39, 0.29) is 5.78 Å². The zero-order chi connectivity index (χ0) is 11.0. The van der Waals surface area contributed by atoms with Crippen LogP contribution in [0.4, 0.5) is 0 Å². The van der Waals surface area contributed by atoms with Crippen molar-refractivity contribution in [2.45, 2.75) is 19.3 Å². The van der Waals surface area contributed by atoms with Gasteiger partial charge < -0.3 is 0 Å². The van der Waals surface area contributed by atoms with E-state index in [0.717, 1.165) is 24.0 Å². The van der Waals surface area contributed by atoms with Crippen LogP contribution < -0.4 is 0 Å². The Balaban J connectivity index is 1.97. The molecule has 0 amide bonds. The van der Waals surface area contributed by atoms with Crippen LogP contribution >= 0.6 is 0 Å². The first kappa shape index (κ1) is 9.59. The molecule has 1 heteroatoms. The minimum atomic E-state index is 0.226. The first-order valence-corrected chi connectivity index (χ1v) is 5.86. The lowest BCUT2D eigenvalue weighted by Gasteiger charge is -2.06. The van der Waals surface area contributed by atoms with Crippen LogP contribution in [-0.4, -0.2) is 5.78 Å². The molecule has 80 valence electrons. The topological polar surface area (TPSA) is 17.1 Å². The van der Waals surface area contributed by atoms with Crippen LogP contribution in [0.25, 0.3) is 6.08 Å². The van der Waals surface area contributed by atoms with Gasteiger partial charge in [0.25, 0.3) is 0 Å². The van der Waals surface area contributed by atoms with Gasteiger partial charge in [0.05, 0.1) is 0 Å². The molecule has 1 aromatic rings. The van der Waals surface area contributed by atoms with Crippen molar-refractivity contribution in [2.24, 2.45) is 5.92 Å². The van der Waals surface area contributed by atoms with Gasteiger partial charge in [0.2, 0.25) is 0 Å². The Labute approximate surface area is 95.5 Å². The summed E-state index contributed by atoms with van der Waals surface area (Å²) >= 11 is 0. The third-order valence-electron chi connectivity index (χ3n) is 3.50. The van der Waals surface area contributed by atoms with Gasteiger partial charge in [0, 0.05) is 11.5 Å². The molecule has 0 heterocycles. The molecule has 1 aromatic carbocycles. The summed E-state index contributed by atoms with van der Waals surface area (Å²) in [4.78, 5) is 11.8. The highest BCUT2D eigenvalue weighted by molar-refractivity contribution is 6.11. The normalized spacial score (nSPS) is 26.0. The van der Waals surface area contributed by atoms with Crippen molar-refractivity contribution in [1.82, 2.24) is 0 Å². The van der Waals surface area contributed by atoms with Gasteiger partial charge in [-0.2, -0.15) is 0 Å². The van der Waals surface area contributed by atoms with E-state index < -0.39 is 0 Å². The maximum Gasteiger partial charge on any atom is 0.182 e. The van der Waals surface area contributed by atoms with Crippen LogP contribution in [0.3, 0.4) is 0 Å². The second kappa shape index (κ2) is 3.75. The van der Waals surface area contributed by atoms with E-state index >= 15 is 0 Å². The third-order valence-corrected chi connectivity index (χ3v) is 3.50. The molecule has 3 rings (SSSR count). The minimum Gasteiger partial charge on any atom is -0.290 e. The van der Waals surface area contributed by atoms with Gasteiger partial charge in [-0.25, -0.2) is 0 Å². The van der Waals surface area contributed by atoms with Gasteiger partial charge in [0.1, 0.15) is 0 Å². The molecule has 16 heavy (non-hydrogen) atoms. The molecule has 2 aliphatic rings. The van der Waals surface area contributed by atoms with Gasteiger partial charge in [-0.1, -0.05) is 35.9 Å². The van der Waals surface area contributed by atoms with E-state index in [1.54, 1.807) is 0 Å². The second-order valence-corrected chi connectivity index (χ2v) is 4.54. The van der Waals surface area contributed by atoms with Crippen molar-refractivity contribution in [3.8, 4) is 0 Å². The van der Waals surface area contributed by atoms with Crippen LogP contribution in [0, 0.1) is 5.92 Å². The van der Waals surface area contributed by atoms with E-state index in [0.29, 0.717) is 5.92 Å².